The van der Waals surface area contributed by atoms with E-state index >= 15 is 0 Å². The number of hydrogen-bond donors (Lipinski definition) is 0. The van der Waals surface area contributed by atoms with E-state index in [1.165, 1.54) is 93.1 Å². The van der Waals surface area contributed by atoms with Crippen LogP contribution in [0.1, 0.15) is 108 Å². The van der Waals surface area contributed by atoms with Gasteiger partial charge in [-0.1, -0.05) is 95.4 Å². The molecule has 172 valence electrons. The van der Waals surface area contributed by atoms with E-state index in [1.54, 1.807) is 4.88 Å². The van der Waals surface area contributed by atoms with Crippen LogP contribution in [0.2, 0.25) is 0 Å². The first-order chi connectivity index (χ1) is 15.2. The molecule has 1 heteroatoms. The van der Waals surface area contributed by atoms with Crippen molar-refractivity contribution >= 4 is 16.9 Å². The molecule has 0 saturated heterocycles. The van der Waals surface area contributed by atoms with Crippen molar-refractivity contribution in [3.63, 3.8) is 0 Å². The highest BCUT2D eigenvalue weighted by Crippen LogP contribution is 2.31. The molecule has 0 aromatic carbocycles. The van der Waals surface area contributed by atoms with E-state index in [0.717, 1.165) is 18.3 Å². The molecule has 1 heterocycles. The molecule has 1 aromatic rings. The van der Waals surface area contributed by atoms with E-state index in [9.17, 15) is 0 Å². The Bertz CT molecular complexity index is 715. The van der Waals surface area contributed by atoms with Crippen LogP contribution >= 0.6 is 11.3 Å². The van der Waals surface area contributed by atoms with Crippen molar-refractivity contribution in [2.45, 2.75) is 104 Å². The fourth-order valence-corrected chi connectivity index (χ4v) is 5.86. The SMILES string of the molecule is C=CC(=CCC(C)CC(CCC)CCCCc1ccc(C2=CCCC=CC2)s1)CCC. The summed E-state index contributed by atoms with van der Waals surface area (Å²) >= 11 is 2.03. The molecule has 0 nitrogen and oxygen atoms in total. The van der Waals surface area contributed by atoms with Gasteiger partial charge in [0.05, 0.1) is 0 Å². The summed E-state index contributed by atoms with van der Waals surface area (Å²) in [5, 5.41) is 0. The van der Waals surface area contributed by atoms with Gasteiger partial charge in [0.15, 0.2) is 0 Å². The molecular formula is C30H46S. The summed E-state index contributed by atoms with van der Waals surface area (Å²) in [5.41, 5.74) is 2.97. The van der Waals surface area contributed by atoms with Crippen molar-refractivity contribution in [2.24, 2.45) is 11.8 Å². The zero-order valence-electron chi connectivity index (χ0n) is 20.5. The fourth-order valence-electron chi connectivity index (χ4n) is 4.77. The molecule has 0 N–H and O–H groups in total. The Hall–Kier alpha value is -1.34. The lowest BCUT2D eigenvalue weighted by Crippen LogP contribution is -2.07. The van der Waals surface area contributed by atoms with Crippen LogP contribution in [-0.2, 0) is 6.42 Å². The standard InChI is InChI=1S/C30H46S/c1-5-14-26(7-3)21-20-25(4)24-27(15-6-2)16-12-13-19-29-22-23-30(31-29)28-17-10-8-9-11-18-28/h7-8,10,18,21-23,25,27H,3,5-6,9,11-17,19-20,24H2,1-2,4H3. The van der Waals surface area contributed by atoms with Gasteiger partial charge in [-0.2, -0.15) is 0 Å². The monoisotopic (exact) mass is 438 g/mol. The van der Waals surface area contributed by atoms with Crippen molar-refractivity contribution in [3.8, 4) is 0 Å². The van der Waals surface area contributed by atoms with Gasteiger partial charge in [-0.3, -0.25) is 0 Å². The maximum absolute atomic E-state index is 3.98. The summed E-state index contributed by atoms with van der Waals surface area (Å²) in [4.78, 5) is 3.07. The normalized spacial score (nSPS) is 16.6. The highest BCUT2D eigenvalue weighted by atomic mass is 32.1. The molecule has 1 aliphatic carbocycles. The van der Waals surface area contributed by atoms with Gasteiger partial charge in [0, 0.05) is 9.75 Å². The molecule has 2 unspecified atom stereocenters. The first kappa shape index (κ1) is 25.9. The minimum atomic E-state index is 0.783. The van der Waals surface area contributed by atoms with E-state index in [-0.39, 0.29) is 0 Å². The van der Waals surface area contributed by atoms with Crippen LogP contribution < -0.4 is 0 Å². The Morgan fingerprint density at radius 2 is 1.97 bits per heavy atom. The average Bonchev–Trinajstić information content (AvgIpc) is 3.07. The topological polar surface area (TPSA) is 0 Å². The zero-order chi connectivity index (χ0) is 22.3. The first-order valence-electron chi connectivity index (χ1n) is 12.9. The minimum absolute atomic E-state index is 0.783. The summed E-state index contributed by atoms with van der Waals surface area (Å²) in [6.45, 7) is 11.0. The van der Waals surface area contributed by atoms with Crippen molar-refractivity contribution in [1.29, 1.82) is 0 Å². The smallest absolute Gasteiger partial charge is 0.0305 e. The van der Waals surface area contributed by atoms with Crippen LogP contribution in [0.5, 0.6) is 0 Å². The average molecular weight is 439 g/mol. The van der Waals surface area contributed by atoms with Crippen LogP contribution in [0.25, 0.3) is 5.57 Å². The van der Waals surface area contributed by atoms with E-state index in [1.807, 2.05) is 11.3 Å². The van der Waals surface area contributed by atoms with Gasteiger partial charge in [0.25, 0.3) is 0 Å². The van der Waals surface area contributed by atoms with Gasteiger partial charge < -0.3 is 0 Å². The molecule has 0 saturated carbocycles. The summed E-state index contributed by atoms with van der Waals surface area (Å²) in [6, 6.07) is 4.73. The molecule has 1 aromatic heterocycles. The van der Waals surface area contributed by atoms with Crippen molar-refractivity contribution in [1.82, 2.24) is 0 Å². The molecular weight excluding hydrogens is 392 g/mol. The van der Waals surface area contributed by atoms with Crippen molar-refractivity contribution in [3.05, 3.63) is 64.4 Å². The molecule has 0 radical (unpaired) electrons. The third-order valence-electron chi connectivity index (χ3n) is 6.51. The highest BCUT2D eigenvalue weighted by molar-refractivity contribution is 7.13. The Balaban J connectivity index is 1.74. The van der Waals surface area contributed by atoms with Crippen molar-refractivity contribution < 1.29 is 0 Å². The molecule has 0 bridgehead atoms. The maximum atomic E-state index is 3.98. The molecule has 0 amide bonds. The Morgan fingerprint density at radius 1 is 1.10 bits per heavy atom. The van der Waals surface area contributed by atoms with E-state index in [4.69, 9.17) is 0 Å². The quantitative estimate of drug-likeness (QED) is 0.145. The summed E-state index contributed by atoms with van der Waals surface area (Å²) < 4.78 is 0. The number of thiophene rings is 1. The fraction of sp³-hybridized carbons (Fsp3) is 0.600. The molecule has 31 heavy (non-hydrogen) atoms. The number of rotatable bonds is 15. The lowest BCUT2D eigenvalue weighted by molar-refractivity contribution is 0.339. The summed E-state index contributed by atoms with van der Waals surface area (Å²) in [6.07, 6.45) is 28.2. The van der Waals surface area contributed by atoms with Gasteiger partial charge in [0.1, 0.15) is 0 Å². The van der Waals surface area contributed by atoms with Crippen LogP contribution in [0, 0.1) is 11.8 Å². The number of allylic oxidation sites excluding steroid dienone is 7. The van der Waals surface area contributed by atoms with E-state index in [2.05, 4.69) is 69.9 Å². The minimum Gasteiger partial charge on any atom is -0.141 e. The summed E-state index contributed by atoms with van der Waals surface area (Å²) in [7, 11) is 0. The van der Waals surface area contributed by atoms with Gasteiger partial charge >= 0.3 is 0 Å². The molecule has 2 rings (SSSR count). The first-order valence-corrected chi connectivity index (χ1v) is 13.7. The van der Waals surface area contributed by atoms with E-state index < -0.39 is 0 Å². The Kier molecular flexibility index (Phi) is 12.9. The molecule has 0 aliphatic heterocycles. The third kappa shape index (κ3) is 10.2. The van der Waals surface area contributed by atoms with Crippen LogP contribution in [0.4, 0.5) is 0 Å². The zero-order valence-corrected chi connectivity index (χ0v) is 21.3. The second kappa shape index (κ2) is 15.5. The number of hydrogen-bond acceptors (Lipinski definition) is 1. The van der Waals surface area contributed by atoms with E-state index in [0.29, 0.717) is 0 Å². The third-order valence-corrected chi connectivity index (χ3v) is 7.73. The highest BCUT2D eigenvalue weighted by Gasteiger charge is 2.13. The van der Waals surface area contributed by atoms with Gasteiger partial charge in [-0.05, 0) is 80.9 Å². The van der Waals surface area contributed by atoms with Crippen LogP contribution in [0.3, 0.4) is 0 Å². The van der Waals surface area contributed by atoms with Crippen LogP contribution in [0.15, 0.2) is 54.7 Å². The second-order valence-electron chi connectivity index (χ2n) is 9.46. The molecule has 1 aliphatic rings. The lowest BCUT2D eigenvalue weighted by atomic mass is 9.86. The number of unbranched alkanes of at least 4 members (excludes halogenated alkanes) is 1. The predicted octanol–water partition coefficient (Wildman–Crippen LogP) is 10.3. The second-order valence-corrected chi connectivity index (χ2v) is 10.6. The largest absolute Gasteiger partial charge is 0.141 e. The van der Waals surface area contributed by atoms with Gasteiger partial charge in [0.2, 0.25) is 0 Å². The maximum Gasteiger partial charge on any atom is 0.0305 e. The van der Waals surface area contributed by atoms with Crippen LogP contribution in [-0.4, -0.2) is 0 Å². The molecule has 0 spiro atoms. The number of aryl methyl sites for hydroxylation is 1. The predicted molar refractivity (Wildman–Crippen MR) is 143 cm³/mol. The Morgan fingerprint density at radius 3 is 2.74 bits per heavy atom. The Labute approximate surface area is 197 Å². The molecule has 0 fully saturated rings. The molecule has 2 atom stereocenters. The van der Waals surface area contributed by atoms with Gasteiger partial charge in [-0.15, -0.1) is 11.3 Å². The lowest BCUT2D eigenvalue weighted by Gasteiger charge is -2.20. The summed E-state index contributed by atoms with van der Waals surface area (Å²) in [5.74, 6) is 1.68. The van der Waals surface area contributed by atoms with Crippen molar-refractivity contribution in [2.75, 3.05) is 0 Å². The van der Waals surface area contributed by atoms with Gasteiger partial charge in [-0.25, -0.2) is 0 Å².